The number of aromatic amines is 1. The van der Waals surface area contributed by atoms with Gasteiger partial charge in [-0.1, -0.05) is 30.3 Å². The molecular formula is C17H18N2O4. The van der Waals surface area contributed by atoms with Crippen molar-refractivity contribution < 1.29 is 19.1 Å². The van der Waals surface area contributed by atoms with E-state index in [0.29, 0.717) is 12.1 Å². The summed E-state index contributed by atoms with van der Waals surface area (Å²) in [6.07, 6.45) is 6.63. The molecule has 0 spiro atoms. The Labute approximate surface area is 134 Å². The number of imidazole rings is 1. The number of carbonyl (C=O) groups is 2. The van der Waals surface area contributed by atoms with Crippen LogP contribution in [-0.2, 0) is 25.7 Å². The van der Waals surface area contributed by atoms with Crippen molar-refractivity contribution in [3.05, 3.63) is 60.2 Å². The average Bonchev–Trinajstić information content (AvgIpc) is 3.09. The van der Waals surface area contributed by atoms with E-state index in [1.54, 1.807) is 12.3 Å². The maximum absolute atomic E-state index is 11.6. The highest BCUT2D eigenvalue weighted by Crippen LogP contribution is 2.03. The van der Waals surface area contributed by atoms with Gasteiger partial charge in [-0.15, -0.1) is 0 Å². The van der Waals surface area contributed by atoms with Crippen LogP contribution in [0.15, 0.2) is 48.9 Å². The second kappa shape index (κ2) is 9.19. The minimum absolute atomic E-state index is 0.173. The van der Waals surface area contributed by atoms with Crippen LogP contribution in [0.5, 0.6) is 0 Å². The second-order valence-electron chi connectivity index (χ2n) is 4.76. The summed E-state index contributed by atoms with van der Waals surface area (Å²) in [5, 5.41) is 0. The highest BCUT2D eigenvalue weighted by atomic mass is 16.5. The number of aromatic nitrogens is 2. The summed E-state index contributed by atoms with van der Waals surface area (Å²) in [4.78, 5) is 29.6. The number of carbonyl (C=O) groups excluding carboxylic acids is 2. The second-order valence-corrected chi connectivity index (χ2v) is 4.76. The SMILES string of the molecule is O=C(/C=C/c1cnc[nH]1)OCCCC(=O)OCc1ccccc1. The van der Waals surface area contributed by atoms with Crippen LogP contribution < -0.4 is 0 Å². The molecule has 0 unspecified atom stereocenters. The van der Waals surface area contributed by atoms with Gasteiger partial charge in [0.2, 0.25) is 0 Å². The maximum Gasteiger partial charge on any atom is 0.330 e. The lowest BCUT2D eigenvalue weighted by molar-refractivity contribution is -0.146. The van der Waals surface area contributed by atoms with E-state index >= 15 is 0 Å². The van der Waals surface area contributed by atoms with Gasteiger partial charge in [-0.05, 0) is 18.1 Å². The van der Waals surface area contributed by atoms with Crippen LogP contribution in [0.1, 0.15) is 24.1 Å². The monoisotopic (exact) mass is 314 g/mol. The van der Waals surface area contributed by atoms with Crippen LogP contribution in [0.25, 0.3) is 6.08 Å². The molecule has 0 aliphatic rings. The predicted octanol–water partition coefficient (Wildman–Crippen LogP) is 2.49. The molecule has 1 aromatic carbocycles. The molecule has 0 amide bonds. The number of hydrogen-bond donors (Lipinski definition) is 1. The fourth-order valence-electron chi connectivity index (χ4n) is 1.76. The van der Waals surface area contributed by atoms with Crippen LogP contribution >= 0.6 is 0 Å². The molecule has 0 saturated carbocycles. The summed E-state index contributed by atoms with van der Waals surface area (Å²) in [6.45, 7) is 0.430. The normalized spacial score (nSPS) is 10.6. The first-order valence-corrected chi connectivity index (χ1v) is 7.27. The van der Waals surface area contributed by atoms with Crippen molar-refractivity contribution in [1.29, 1.82) is 0 Å². The Bertz CT molecular complexity index is 636. The van der Waals surface area contributed by atoms with E-state index in [0.717, 1.165) is 5.56 Å². The molecule has 6 heteroatoms. The molecule has 1 N–H and O–H groups in total. The lowest BCUT2D eigenvalue weighted by Crippen LogP contribution is -2.08. The van der Waals surface area contributed by atoms with E-state index in [1.165, 1.54) is 12.4 Å². The number of esters is 2. The van der Waals surface area contributed by atoms with Crippen LogP contribution in [0.3, 0.4) is 0 Å². The van der Waals surface area contributed by atoms with Gasteiger partial charge in [0.15, 0.2) is 0 Å². The molecule has 2 aromatic rings. The summed E-state index contributed by atoms with van der Waals surface area (Å²) in [6, 6.07) is 9.46. The number of hydrogen-bond acceptors (Lipinski definition) is 5. The van der Waals surface area contributed by atoms with Crippen molar-refractivity contribution in [3.8, 4) is 0 Å². The molecule has 0 saturated heterocycles. The topological polar surface area (TPSA) is 81.3 Å². The van der Waals surface area contributed by atoms with Crippen LogP contribution in [0, 0.1) is 0 Å². The molecule has 0 aliphatic heterocycles. The zero-order chi connectivity index (χ0) is 16.3. The largest absolute Gasteiger partial charge is 0.463 e. The molecule has 23 heavy (non-hydrogen) atoms. The zero-order valence-corrected chi connectivity index (χ0v) is 12.6. The van der Waals surface area contributed by atoms with Crippen molar-refractivity contribution in [2.45, 2.75) is 19.4 Å². The third-order valence-electron chi connectivity index (χ3n) is 2.93. The Morgan fingerprint density at radius 3 is 2.74 bits per heavy atom. The first-order chi connectivity index (χ1) is 11.2. The number of ether oxygens (including phenoxy) is 2. The first kappa shape index (κ1) is 16.5. The smallest absolute Gasteiger partial charge is 0.330 e. The number of nitrogens with zero attached hydrogens (tertiary/aromatic N) is 1. The average molecular weight is 314 g/mol. The minimum atomic E-state index is -0.461. The van der Waals surface area contributed by atoms with Crippen LogP contribution in [-0.4, -0.2) is 28.5 Å². The van der Waals surface area contributed by atoms with Crippen molar-refractivity contribution >= 4 is 18.0 Å². The molecule has 6 nitrogen and oxygen atoms in total. The fraction of sp³-hybridized carbons (Fsp3) is 0.235. The minimum Gasteiger partial charge on any atom is -0.463 e. The molecule has 1 aromatic heterocycles. The van der Waals surface area contributed by atoms with E-state index in [9.17, 15) is 9.59 Å². The van der Waals surface area contributed by atoms with E-state index in [1.807, 2.05) is 30.3 Å². The first-order valence-electron chi connectivity index (χ1n) is 7.27. The standard InChI is InChI=1S/C17H18N2O4/c20-16(23-12-14-5-2-1-3-6-14)7-4-10-22-17(21)9-8-15-11-18-13-19-15/h1-3,5-6,8-9,11,13H,4,7,10,12H2,(H,18,19)/b9-8+. The van der Waals surface area contributed by atoms with Crippen molar-refractivity contribution in [2.24, 2.45) is 0 Å². The Morgan fingerprint density at radius 2 is 2.00 bits per heavy atom. The Balaban J connectivity index is 1.56. The summed E-state index contributed by atoms with van der Waals surface area (Å²) < 4.78 is 10.1. The van der Waals surface area contributed by atoms with Crippen molar-refractivity contribution in [2.75, 3.05) is 6.61 Å². The highest BCUT2D eigenvalue weighted by Gasteiger charge is 2.04. The van der Waals surface area contributed by atoms with Gasteiger partial charge < -0.3 is 14.5 Å². The van der Waals surface area contributed by atoms with Crippen molar-refractivity contribution in [3.63, 3.8) is 0 Å². The van der Waals surface area contributed by atoms with Gasteiger partial charge in [0.25, 0.3) is 0 Å². The van der Waals surface area contributed by atoms with Gasteiger partial charge in [-0.2, -0.15) is 0 Å². The lowest BCUT2D eigenvalue weighted by Gasteiger charge is -2.05. The molecule has 0 aliphatic carbocycles. The van der Waals surface area contributed by atoms with Crippen LogP contribution in [0.4, 0.5) is 0 Å². The maximum atomic E-state index is 11.6. The van der Waals surface area contributed by atoms with Gasteiger partial charge in [0.05, 0.1) is 24.8 Å². The Hall–Kier alpha value is -2.89. The lowest BCUT2D eigenvalue weighted by atomic mass is 10.2. The van der Waals surface area contributed by atoms with E-state index < -0.39 is 5.97 Å². The number of benzene rings is 1. The molecule has 0 fully saturated rings. The summed E-state index contributed by atoms with van der Waals surface area (Å²) in [5.74, 6) is -0.768. The molecule has 1 heterocycles. The van der Waals surface area contributed by atoms with Gasteiger partial charge in [0, 0.05) is 12.5 Å². The summed E-state index contributed by atoms with van der Waals surface area (Å²) in [7, 11) is 0. The predicted molar refractivity (Wildman–Crippen MR) is 84.1 cm³/mol. The van der Waals surface area contributed by atoms with Gasteiger partial charge in [0.1, 0.15) is 6.61 Å². The molecule has 2 rings (SSSR count). The third-order valence-corrected chi connectivity index (χ3v) is 2.93. The van der Waals surface area contributed by atoms with E-state index in [4.69, 9.17) is 9.47 Å². The number of rotatable bonds is 8. The fourth-order valence-corrected chi connectivity index (χ4v) is 1.76. The Morgan fingerprint density at radius 1 is 1.17 bits per heavy atom. The number of H-pyrrole nitrogens is 1. The van der Waals surface area contributed by atoms with E-state index in [2.05, 4.69) is 9.97 Å². The van der Waals surface area contributed by atoms with Crippen LogP contribution in [0.2, 0.25) is 0 Å². The van der Waals surface area contributed by atoms with Gasteiger partial charge in [-0.25, -0.2) is 9.78 Å². The third kappa shape index (κ3) is 6.60. The summed E-state index contributed by atoms with van der Waals surface area (Å²) in [5.41, 5.74) is 1.66. The quantitative estimate of drug-likeness (QED) is 0.460. The summed E-state index contributed by atoms with van der Waals surface area (Å²) >= 11 is 0. The molecular weight excluding hydrogens is 296 g/mol. The molecule has 0 atom stereocenters. The highest BCUT2D eigenvalue weighted by molar-refractivity contribution is 5.86. The number of nitrogens with one attached hydrogen (secondary N) is 1. The molecule has 120 valence electrons. The zero-order valence-electron chi connectivity index (χ0n) is 12.6. The van der Waals surface area contributed by atoms with Gasteiger partial charge in [-0.3, -0.25) is 4.79 Å². The Kier molecular flexibility index (Phi) is 6.59. The van der Waals surface area contributed by atoms with E-state index in [-0.39, 0.29) is 25.6 Å². The molecule has 0 radical (unpaired) electrons. The molecule has 0 bridgehead atoms. The van der Waals surface area contributed by atoms with Gasteiger partial charge >= 0.3 is 11.9 Å². The van der Waals surface area contributed by atoms with Crippen molar-refractivity contribution in [1.82, 2.24) is 9.97 Å².